The summed E-state index contributed by atoms with van der Waals surface area (Å²) >= 11 is 0. The Balaban J connectivity index is 0. The van der Waals surface area contributed by atoms with E-state index >= 15 is 0 Å². The van der Waals surface area contributed by atoms with Gasteiger partial charge in [0.25, 0.3) is 5.97 Å². The molecular weight excluding hydrogens is 319 g/mol. The van der Waals surface area contributed by atoms with Gasteiger partial charge in [-0.15, -0.1) is 0 Å². The van der Waals surface area contributed by atoms with E-state index in [1.807, 2.05) is 0 Å². The molecule has 3 atom stereocenters. The van der Waals surface area contributed by atoms with Gasteiger partial charge in [-0.25, -0.2) is 19.1 Å². The Morgan fingerprint density at radius 2 is 1.67 bits per heavy atom. The van der Waals surface area contributed by atoms with Crippen LogP contribution >= 0.6 is 0 Å². The first-order valence-electron chi connectivity index (χ1n) is 6.11. The summed E-state index contributed by atoms with van der Waals surface area (Å²) < 4.78 is 0. The van der Waals surface area contributed by atoms with Crippen molar-refractivity contribution in [3.05, 3.63) is 31.2 Å². The van der Waals surface area contributed by atoms with Gasteiger partial charge in [-0.05, 0) is 37.5 Å². The fourth-order valence-electron chi connectivity index (χ4n) is 2.42. The van der Waals surface area contributed by atoms with Crippen molar-refractivity contribution in [1.29, 1.82) is 0 Å². The molecule has 1 rings (SSSR count). The molecule has 1 saturated carbocycles. The summed E-state index contributed by atoms with van der Waals surface area (Å²) in [6.45, 7) is 17.6. The zero-order valence-corrected chi connectivity index (χ0v) is 13.2. The molecule has 1 fully saturated rings. The molecule has 0 unspecified atom stereocenters. The van der Waals surface area contributed by atoms with Crippen molar-refractivity contribution in [2.24, 2.45) is 17.8 Å². The Kier molecular flexibility index (Phi) is 10.4. The zero-order valence-electron chi connectivity index (χ0n) is 11.6. The van der Waals surface area contributed by atoms with Crippen LogP contribution in [0.5, 0.6) is 0 Å². The molecule has 108 valence electrons. The van der Waals surface area contributed by atoms with E-state index in [1.54, 1.807) is 0 Å². The van der Waals surface area contributed by atoms with Crippen LogP contribution in [0.15, 0.2) is 24.3 Å². The van der Waals surface area contributed by atoms with Crippen molar-refractivity contribution < 1.29 is 30.3 Å². The van der Waals surface area contributed by atoms with Crippen molar-refractivity contribution in [1.82, 2.24) is 0 Å². The molecule has 18 heavy (non-hydrogen) atoms. The number of hydrogen-bond acceptors (Lipinski definition) is 1. The molecule has 0 heterocycles. The van der Waals surface area contributed by atoms with Crippen LogP contribution in [0.2, 0.25) is 0 Å². The minimum absolute atomic E-state index is 0. The molecule has 0 aromatic heterocycles. The summed E-state index contributed by atoms with van der Waals surface area (Å²) in [6, 6.07) is 0. The van der Waals surface area contributed by atoms with Crippen LogP contribution in [0.1, 0.15) is 40.0 Å². The Morgan fingerprint density at radius 3 is 2.00 bits per heavy atom. The second-order valence-electron chi connectivity index (χ2n) is 5.15. The number of carbonyl (C=O) groups is 1. The van der Waals surface area contributed by atoms with E-state index in [4.69, 9.17) is 9.90 Å². The Bertz CT molecular complexity index is 293. The Morgan fingerprint density at radius 1 is 1.22 bits per heavy atom. The van der Waals surface area contributed by atoms with Gasteiger partial charge in [-0.1, -0.05) is 25.5 Å². The maximum Gasteiger partial charge on any atom is 0.300 e. The van der Waals surface area contributed by atoms with Crippen molar-refractivity contribution >= 4 is 5.97 Å². The molecule has 0 aromatic carbocycles. The summed E-state index contributed by atoms with van der Waals surface area (Å²) in [7, 11) is 0. The van der Waals surface area contributed by atoms with Crippen LogP contribution in [-0.4, -0.2) is 11.1 Å². The van der Waals surface area contributed by atoms with Gasteiger partial charge < -0.3 is 5.11 Å². The molecule has 3 heteroatoms. The number of hydrogen-bond donors (Lipinski definition) is 1. The van der Waals surface area contributed by atoms with E-state index in [1.165, 1.54) is 24.8 Å². The normalized spacial score (nSPS) is 26.1. The third kappa shape index (κ3) is 7.74. The fourth-order valence-corrected chi connectivity index (χ4v) is 2.42. The first-order valence-corrected chi connectivity index (χ1v) is 6.11. The van der Waals surface area contributed by atoms with Gasteiger partial charge in [0.1, 0.15) is 0 Å². The number of aliphatic carboxylic acids is 1. The molecule has 1 aliphatic carbocycles. The van der Waals surface area contributed by atoms with Crippen LogP contribution in [0.4, 0.5) is 0 Å². The summed E-state index contributed by atoms with van der Waals surface area (Å²) in [5.74, 6) is 1.22. The van der Waals surface area contributed by atoms with E-state index in [2.05, 4.69) is 33.9 Å². The van der Waals surface area contributed by atoms with Crippen molar-refractivity contribution in [2.75, 3.05) is 0 Å². The molecule has 1 aliphatic rings. The van der Waals surface area contributed by atoms with E-state index in [-0.39, 0.29) is 20.4 Å². The van der Waals surface area contributed by atoms with Crippen molar-refractivity contribution in [2.45, 2.75) is 40.0 Å². The number of carboxylic acids is 1. The maximum atomic E-state index is 9.00. The van der Waals surface area contributed by atoms with Gasteiger partial charge >= 0.3 is 0 Å². The average Bonchev–Trinajstić information content (AvgIpc) is 2.15. The second-order valence-corrected chi connectivity index (χ2v) is 5.15. The van der Waals surface area contributed by atoms with Gasteiger partial charge in [-0.2, -0.15) is 0 Å². The summed E-state index contributed by atoms with van der Waals surface area (Å²) in [5.41, 5.74) is 2.40. The predicted octanol–water partition coefficient (Wildman–Crippen LogP) is 4.09. The second kappa shape index (κ2) is 9.42. The topological polar surface area (TPSA) is 37.3 Å². The van der Waals surface area contributed by atoms with Crippen LogP contribution < -0.4 is 0 Å². The van der Waals surface area contributed by atoms with Gasteiger partial charge in [0.15, 0.2) is 0 Å². The van der Waals surface area contributed by atoms with Crippen molar-refractivity contribution in [3.63, 3.8) is 0 Å². The van der Waals surface area contributed by atoms with Crippen LogP contribution in [0.25, 0.3) is 0 Å². The average molecular weight is 344 g/mol. The monoisotopic (exact) mass is 343 g/mol. The van der Waals surface area contributed by atoms with Crippen LogP contribution in [0, 0.1) is 24.7 Å². The maximum absolute atomic E-state index is 9.00. The van der Waals surface area contributed by atoms with Gasteiger partial charge in [0, 0.05) is 27.3 Å². The van der Waals surface area contributed by atoms with Crippen molar-refractivity contribution in [3.8, 4) is 0 Å². The largest absolute Gasteiger partial charge is 0.481 e. The molecule has 2 nitrogen and oxygen atoms in total. The molecule has 0 amide bonds. The molecule has 0 spiro atoms. The quantitative estimate of drug-likeness (QED) is 0.466. The SMILES string of the molecule is C=C([CH2-])[C@H]1C[C@@H](C)CC[C@@H]1C(=C)C.CC(=O)O.[Pd]. The molecule has 0 bridgehead atoms. The number of carboxylic acid groups (broad SMARTS) is 1. The predicted molar refractivity (Wildman–Crippen MR) is 72.6 cm³/mol. The summed E-state index contributed by atoms with van der Waals surface area (Å²) in [6.07, 6.45) is 3.86. The molecular formula is C15H25O2Pd-. The Hall–Kier alpha value is -0.518. The third-order valence-electron chi connectivity index (χ3n) is 3.27. The van der Waals surface area contributed by atoms with Crippen LogP contribution in [-0.2, 0) is 25.2 Å². The van der Waals surface area contributed by atoms with Gasteiger partial charge in [-0.3, -0.25) is 4.79 Å². The third-order valence-corrected chi connectivity index (χ3v) is 3.27. The minimum Gasteiger partial charge on any atom is -0.481 e. The molecule has 0 aliphatic heterocycles. The van der Waals surface area contributed by atoms with E-state index in [0.717, 1.165) is 18.4 Å². The number of allylic oxidation sites excluding steroid dienone is 2. The number of rotatable bonds is 2. The standard InChI is InChI=1S/C13H21.C2H4O2.Pd/c1-9(2)12-7-6-11(5)8-13(12)10(3)4;1-2(3)4;/h11-13H,1,3-4,6-8H2,2,5H3;1H3,(H,3,4);/q-1;;/t11-,12+,13+;;/m0../s1. The smallest absolute Gasteiger partial charge is 0.300 e. The minimum atomic E-state index is -0.833. The fraction of sp³-hybridized carbons (Fsp3) is 0.600. The van der Waals surface area contributed by atoms with E-state index in [9.17, 15) is 0 Å². The Labute approximate surface area is 125 Å². The molecule has 0 saturated heterocycles. The van der Waals surface area contributed by atoms with Gasteiger partial charge in [0.05, 0.1) is 0 Å². The summed E-state index contributed by atoms with van der Waals surface area (Å²) in [4.78, 5) is 9.00. The van der Waals surface area contributed by atoms with E-state index < -0.39 is 5.97 Å². The zero-order chi connectivity index (χ0) is 13.6. The summed E-state index contributed by atoms with van der Waals surface area (Å²) in [5, 5.41) is 7.42. The van der Waals surface area contributed by atoms with E-state index in [0.29, 0.717) is 11.8 Å². The molecule has 1 N–H and O–H groups in total. The molecule has 0 aromatic rings. The van der Waals surface area contributed by atoms with Crippen LogP contribution in [0.3, 0.4) is 0 Å². The molecule has 0 radical (unpaired) electrons. The first kappa shape index (κ1) is 19.8. The van der Waals surface area contributed by atoms with Gasteiger partial charge in [0.2, 0.25) is 0 Å². The first-order chi connectivity index (χ1) is 7.75.